The lowest BCUT2D eigenvalue weighted by atomic mass is 9.73. The van der Waals surface area contributed by atoms with Crippen LogP contribution < -0.4 is 11.3 Å². The summed E-state index contributed by atoms with van der Waals surface area (Å²) in [6.07, 6.45) is 9.43. The second-order valence-corrected chi connectivity index (χ2v) is 4.68. The molecule has 1 rings (SSSR count). The molecule has 84 valence electrons. The van der Waals surface area contributed by atoms with Crippen molar-refractivity contribution in [2.45, 2.75) is 64.8 Å². The normalized spacial score (nSPS) is 30.2. The van der Waals surface area contributed by atoms with E-state index in [0.29, 0.717) is 6.04 Å². The van der Waals surface area contributed by atoms with Crippen molar-refractivity contribution in [1.82, 2.24) is 5.43 Å². The second-order valence-electron chi connectivity index (χ2n) is 4.68. The van der Waals surface area contributed by atoms with Gasteiger partial charge >= 0.3 is 0 Å². The Kier molecular flexibility index (Phi) is 5.49. The molecule has 0 aromatic carbocycles. The molecule has 14 heavy (non-hydrogen) atoms. The maximum Gasteiger partial charge on any atom is 0.0241 e. The first-order valence-electron chi connectivity index (χ1n) is 6.29. The zero-order chi connectivity index (χ0) is 10.4. The fourth-order valence-corrected chi connectivity index (χ4v) is 3.00. The first-order chi connectivity index (χ1) is 6.83. The Morgan fingerprint density at radius 2 is 2.00 bits per heavy atom. The zero-order valence-electron chi connectivity index (χ0n) is 9.76. The number of hydrazine groups is 1. The third kappa shape index (κ3) is 2.96. The fourth-order valence-electron chi connectivity index (χ4n) is 3.00. The number of rotatable bonds is 5. The molecule has 0 amide bonds. The molecule has 0 aromatic heterocycles. The number of nitrogens with one attached hydrogen (secondary N) is 1. The van der Waals surface area contributed by atoms with Gasteiger partial charge < -0.3 is 0 Å². The first kappa shape index (κ1) is 12.0. The molecule has 3 N–H and O–H groups in total. The predicted molar refractivity (Wildman–Crippen MR) is 61.8 cm³/mol. The highest BCUT2D eigenvalue weighted by molar-refractivity contribution is 4.83. The Hall–Kier alpha value is -0.0800. The Morgan fingerprint density at radius 3 is 2.57 bits per heavy atom. The Bertz CT molecular complexity index is 147. The van der Waals surface area contributed by atoms with Crippen LogP contribution >= 0.6 is 0 Å². The van der Waals surface area contributed by atoms with Gasteiger partial charge in [0.25, 0.3) is 0 Å². The zero-order valence-corrected chi connectivity index (χ0v) is 9.76. The standard InChI is InChI=1S/C12H26N2/c1-3-7-12(14-13)11-9-6-5-8-10(11)4-2/h10-12,14H,3-9,13H2,1-2H3. The van der Waals surface area contributed by atoms with E-state index in [1.54, 1.807) is 0 Å². The van der Waals surface area contributed by atoms with Crippen LogP contribution in [0, 0.1) is 11.8 Å². The van der Waals surface area contributed by atoms with Crippen molar-refractivity contribution in [1.29, 1.82) is 0 Å². The van der Waals surface area contributed by atoms with Gasteiger partial charge in [-0.15, -0.1) is 0 Å². The predicted octanol–water partition coefficient (Wildman–Crippen LogP) is 2.83. The minimum atomic E-state index is 0.560. The number of hydrogen-bond acceptors (Lipinski definition) is 2. The summed E-state index contributed by atoms with van der Waals surface area (Å²) in [5.74, 6) is 7.40. The monoisotopic (exact) mass is 198 g/mol. The Morgan fingerprint density at radius 1 is 1.29 bits per heavy atom. The minimum Gasteiger partial charge on any atom is -0.271 e. The van der Waals surface area contributed by atoms with Crippen LogP contribution in [0.4, 0.5) is 0 Å². The molecule has 1 aliphatic rings. The maximum absolute atomic E-state index is 5.66. The highest BCUT2D eigenvalue weighted by Gasteiger charge is 2.29. The van der Waals surface area contributed by atoms with Crippen molar-refractivity contribution < 1.29 is 0 Å². The van der Waals surface area contributed by atoms with Crippen molar-refractivity contribution >= 4 is 0 Å². The molecular weight excluding hydrogens is 172 g/mol. The van der Waals surface area contributed by atoms with Crippen LogP contribution in [0.2, 0.25) is 0 Å². The minimum absolute atomic E-state index is 0.560. The third-order valence-electron chi connectivity index (χ3n) is 3.82. The van der Waals surface area contributed by atoms with E-state index >= 15 is 0 Å². The van der Waals surface area contributed by atoms with Gasteiger partial charge in [0.1, 0.15) is 0 Å². The molecule has 0 aliphatic heterocycles. The van der Waals surface area contributed by atoms with Crippen molar-refractivity contribution in [2.75, 3.05) is 0 Å². The van der Waals surface area contributed by atoms with Crippen molar-refractivity contribution in [3.05, 3.63) is 0 Å². The summed E-state index contributed by atoms with van der Waals surface area (Å²) >= 11 is 0. The van der Waals surface area contributed by atoms with E-state index in [4.69, 9.17) is 5.84 Å². The van der Waals surface area contributed by atoms with E-state index in [-0.39, 0.29) is 0 Å². The van der Waals surface area contributed by atoms with E-state index in [9.17, 15) is 0 Å². The summed E-state index contributed by atoms with van der Waals surface area (Å²) in [5.41, 5.74) is 3.04. The molecule has 1 fully saturated rings. The molecule has 0 bridgehead atoms. The van der Waals surface area contributed by atoms with E-state index in [1.807, 2.05) is 0 Å². The van der Waals surface area contributed by atoms with Gasteiger partial charge in [-0.05, 0) is 24.7 Å². The molecule has 2 nitrogen and oxygen atoms in total. The lowest BCUT2D eigenvalue weighted by Gasteiger charge is -2.36. The molecule has 0 heterocycles. The Labute approximate surface area is 88.6 Å². The molecule has 0 saturated heterocycles. The molecule has 3 atom stereocenters. The van der Waals surface area contributed by atoms with Crippen molar-refractivity contribution in [3.63, 3.8) is 0 Å². The van der Waals surface area contributed by atoms with Crippen LogP contribution in [0.1, 0.15) is 58.8 Å². The average Bonchev–Trinajstić information content (AvgIpc) is 2.26. The van der Waals surface area contributed by atoms with Crippen LogP contribution in [0.3, 0.4) is 0 Å². The lowest BCUT2D eigenvalue weighted by Crippen LogP contribution is -2.44. The largest absolute Gasteiger partial charge is 0.271 e. The lowest BCUT2D eigenvalue weighted by molar-refractivity contribution is 0.169. The van der Waals surface area contributed by atoms with Gasteiger partial charge in [0.2, 0.25) is 0 Å². The Balaban J connectivity index is 2.51. The molecular formula is C12H26N2. The van der Waals surface area contributed by atoms with Gasteiger partial charge in [-0.2, -0.15) is 0 Å². The van der Waals surface area contributed by atoms with Gasteiger partial charge in [-0.3, -0.25) is 11.3 Å². The van der Waals surface area contributed by atoms with Crippen LogP contribution in [-0.2, 0) is 0 Å². The van der Waals surface area contributed by atoms with Crippen LogP contribution in [0.25, 0.3) is 0 Å². The maximum atomic E-state index is 5.66. The van der Waals surface area contributed by atoms with Gasteiger partial charge in [0.05, 0.1) is 0 Å². The van der Waals surface area contributed by atoms with E-state index in [2.05, 4.69) is 19.3 Å². The quantitative estimate of drug-likeness (QED) is 0.526. The van der Waals surface area contributed by atoms with Gasteiger partial charge in [-0.25, -0.2) is 0 Å². The van der Waals surface area contributed by atoms with Crippen LogP contribution in [0.5, 0.6) is 0 Å². The van der Waals surface area contributed by atoms with E-state index in [0.717, 1.165) is 11.8 Å². The third-order valence-corrected chi connectivity index (χ3v) is 3.82. The van der Waals surface area contributed by atoms with Crippen LogP contribution in [-0.4, -0.2) is 6.04 Å². The number of nitrogens with two attached hydrogens (primary N) is 1. The highest BCUT2D eigenvalue weighted by atomic mass is 15.2. The van der Waals surface area contributed by atoms with Gasteiger partial charge in [0, 0.05) is 6.04 Å². The average molecular weight is 198 g/mol. The van der Waals surface area contributed by atoms with Crippen LogP contribution in [0.15, 0.2) is 0 Å². The smallest absolute Gasteiger partial charge is 0.0241 e. The van der Waals surface area contributed by atoms with Gasteiger partial charge in [-0.1, -0.05) is 46.0 Å². The fraction of sp³-hybridized carbons (Fsp3) is 1.00. The molecule has 1 saturated carbocycles. The SMILES string of the molecule is CCCC(NN)C1CCCCC1CC. The van der Waals surface area contributed by atoms with E-state index < -0.39 is 0 Å². The molecule has 2 heteroatoms. The summed E-state index contributed by atoms with van der Waals surface area (Å²) in [7, 11) is 0. The van der Waals surface area contributed by atoms with E-state index in [1.165, 1.54) is 44.9 Å². The first-order valence-corrected chi connectivity index (χ1v) is 6.29. The molecule has 3 unspecified atom stereocenters. The molecule has 0 aromatic rings. The highest BCUT2D eigenvalue weighted by Crippen LogP contribution is 2.35. The van der Waals surface area contributed by atoms with Crippen molar-refractivity contribution in [2.24, 2.45) is 17.7 Å². The topological polar surface area (TPSA) is 38.0 Å². The molecule has 1 aliphatic carbocycles. The summed E-state index contributed by atoms with van der Waals surface area (Å²) in [6.45, 7) is 4.57. The molecule has 0 spiro atoms. The molecule has 0 radical (unpaired) electrons. The van der Waals surface area contributed by atoms with Crippen molar-refractivity contribution in [3.8, 4) is 0 Å². The van der Waals surface area contributed by atoms with Gasteiger partial charge in [0.15, 0.2) is 0 Å². The summed E-state index contributed by atoms with van der Waals surface area (Å²) in [5, 5.41) is 0. The number of hydrogen-bond donors (Lipinski definition) is 2. The summed E-state index contributed by atoms with van der Waals surface area (Å²) in [6, 6.07) is 0.560. The summed E-state index contributed by atoms with van der Waals surface area (Å²) in [4.78, 5) is 0. The second kappa shape index (κ2) is 6.41. The summed E-state index contributed by atoms with van der Waals surface area (Å²) < 4.78 is 0.